The van der Waals surface area contributed by atoms with Gasteiger partial charge in [0, 0.05) is 12.4 Å². The van der Waals surface area contributed by atoms with Crippen LogP contribution in [-0.2, 0) is 0 Å². The summed E-state index contributed by atoms with van der Waals surface area (Å²) < 4.78 is 0. The summed E-state index contributed by atoms with van der Waals surface area (Å²) in [5.74, 6) is 1.04. The first kappa shape index (κ1) is 12.1. The van der Waals surface area contributed by atoms with Crippen molar-refractivity contribution in [2.45, 2.75) is 0 Å². The van der Waals surface area contributed by atoms with Gasteiger partial charge in [0.2, 0.25) is 0 Å². The zero-order valence-corrected chi connectivity index (χ0v) is 10.6. The molecule has 0 atom stereocenters. The fourth-order valence-electron chi connectivity index (χ4n) is 1.76. The maximum Gasteiger partial charge on any atom is 0.174 e. The van der Waals surface area contributed by atoms with Crippen molar-refractivity contribution in [1.82, 2.24) is 15.0 Å². The number of aromatic nitrogens is 3. The lowest BCUT2D eigenvalue weighted by atomic mass is 10.2. The molecule has 0 unspecified atom stereocenters. The first-order valence-electron chi connectivity index (χ1n) is 6.12. The third kappa shape index (κ3) is 2.56. The van der Waals surface area contributed by atoms with Gasteiger partial charge in [0.15, 0.2) is 11.6 Å². The molecular formula is C15H12N4O. The lowest BCUT2D eigenvalue weighted by Gasteiger charge is -2.08. The second kappa shape index (κ2) is 5.36. The molecule has 0 spiro atoms. The van der Waals surface area contributed by atoms with Gasteiger partial charge in [0.05, 0.1) is 11.4 Å². The van der Waals surface area contributed by atoms with E-state index in [4.69, 9.17) is 0 Å². The van der Waals surface area contributed by atoms with E-state index >= 15 is 0 Å². The van der Waals surface area contributed by atoms with Crippen molar-refractivity contribution < 1.29 is 5.11 Å². The van der Waals surface area contributed by atoms with Crippen LogP contribution in [0.15, 0.2) is 60.9 Å². The molecular weight excluding hydrogens is 252 g/mol. The minimum Gasteiger partial charge on any atom is -0.504 e. The lowest BCUT2D eigenvalue weighted by Crippen LogP contribution is -1.97. The lowest BCUT2D eigenvalue weighted by molar-refractivity contribution is 0.475. The summed E-state index contributed by atoms with van der Waals surface area (Å²) in [7, 11) is 0. The average molecular weight is 264 g/mol. The van der Waals surface area contributed by atoms with Crippen LogP contribution in [-0.4, -0.2) is 20.1 Å². The SMILES string of the molecule is Oc1ccc(-c2ccccn2)nc1Nc1ccccn1. The molecule has 0 amide bonds. The first-order valence-corrected chi connectivity index (χ1v) is 6.12. The molecule has 0 radical (unpaired) electrons. The third-order valence-electron chi connectivity index (χ3n) is 2.71. The molecule has 0 saturated heterocycles. The second-order valence-electron chi connectivity index (χ2n) is 4.12. The molecule has 0 aliphatic heterocycles. The van der Waals surface area contributed by atoms with Gasteiger partial charge in [-0.1, -0.05) is 12.1 Å². The Balaban J connectivity index is 1.95. The molecule has 5 heteroatoms. The van der Waals surface area contributed by atoms with Crippen LogP contribution in [0.25, 0.3) is 11.4 Å². The number of anilines is 2. The maximum atomic E-state index is 9.87. The predicted molar refractivity (Wildman–Crippen MR) is 76.7 cm³/mol. The molecule has 0 saturated carbocycles. The predicted octanol–water partition coefficient (Wildman–Crippen LogP) is 2.99. The van der Waals surface area contributed by atoms with E-state index in [-0.39, 0.29) is 5.75 Å². The quantitative estimate of drug-likeness (QED) is 0.761. The molecule has 0 fully saturated rings. The normalized spacial score (nSPS) is 10.2. The number of hydrogen-bond donors (Lipinski definition) is 2. The molecule has 20 heavy (non-hydrogen) atoms. The number of nitrogens with one attached hydrogen (secondary N) is 1. The van der Waals surface area contributed by atoms with Crippen LogP contribution >= 0.6 is 0 Å². The van der Waals surface area contributed by atoms with E-state index in [0.29, 0.717) is 17.3 Å². The zero-order valence-electron chi connectivity index (χ0n) is 10.6. The van der Waals surface area contributed by atoms with Crippen molar-refractivity contribution in [3.05, 3.63) is 60.9 Å². The van der Waals surface area contributed by atoms with Gasteiger partial charge < -0.3 is 10.4 Å². The fraction of sp³-hybridized carbons (Fsp3) is 0. The van der Waals surface area contributed by atoms with E-state index in [0.717, 1.165) is 5.69 Å². The van der Waals surface area contributed by atoms with Gasteiger partial charge in [-0.2, -0.15) is 0 Å². The molecule has 3 aromatic rings. The molecule has 2 N–H and O–H groups in total. The highest BCUT2D eigenvalue weighted by atomic mass is 16.3. The van der Waals surface area contributed by atoms with E-state index in [1.165, 1.54) is 0 Å². The van der Waals surface area contributed by atoms with Crippen molar-refractivity contribution in [3.8, 4) is 17.1 Å². The minimum absolute atomic E-state index is 0.0651. The Morgan fingerprint density at radius 1 is 0.800 bits per heavy atom. The van der Waals surface area contributed by atoms with Gasteiger partial charge in [0.1, 0.15) is 5.82 Å². The number of nitrogens with zero attached hydrogens (tertiary/aromatic N) is 3. The van der Waals surface area contributed by atoms with Gasteiger partial charge in [-0.3, -0.25) is 4.98 Å². The van der Waals surface area contributed by atoms with Gasteiger partial charge in [-0.25, -0.2) is 9.97 Å². The van der Waals surface area contributed by atoms with Crippen molar-refractivity contribution in [3.63, 3.8) is 0 Å². The summed E-state index contributed by atoms with van der Waals surface area (Å²) in [5, 5.41) is 12.9. The topological polar surface area (TPSA) is 70.9 Å². The van der Waals surface area contributed by atoms with Crippen LogP contribution in [0.1, 0.15) is 0 Å². The molecule has 0 aliphatic rings. The number of hydrogen-bond acceptors (Lipinski definition) is 5. The van der Waals surface area contributed by atoms with E-state index in [9.17, 15) is 5.11 Å². The number of pyridine rings is 3. The van der Waals surface area contributed by atoms with Crippen LogP contribution in [0.4, 0.5) is 11.6 Å². The van der Waals surface area contributed by atoms with Crippen LogP contribution in [0.2, 0.25) is 0 Å². The zero-order chi connectivity index (χ0) is 13.8. The summed E-state index contributed by atoms with van der Waals surface area (Å²) in [6.45, 7) is 0. The summed E-state index contributed by atoms with van der Waals surface area (Å²) in [5.41, 5.74) is 1.43. The largest absolute Gasteiger partial charge is 0.504 e. The van der Waals surface area contributed by atoms with E-state index in [2.05, 4.69) is 20.3 Å². The van der Waals surface area contributed by atoms with Crippen LogP contribution in [0.5, 0.6) is 5.75 Å². The average Bonchev–Trinajstić information content (AvgIpc) is 2.51. The fourth-order valence-corrected chi connectivity index (χ4v) is 1.76. The number of aromatic hydroxyl groups is 1. The Labute approximate surface area is 116 Å². The van der Waals surface area contributed by atoms with Crippen LogP contribution in [0.3, 0.4) is 0 Å². The van der Waals surface area contributed by atoms with Gasteiger partial charge >= 0.3 is 0 Å². The van der Waals surface area contributed by atoms with E-state index < -0.39 is 0 Å². The Kier molecular flexibility index (Phi) is 3.24. The van der Waals surface area contributed by atoms with Crippen molar-refractivity contribution in [1.29, 1.82) is 0 Å². The maximum absolute atomic E-state index is 9.87. The summed E-state index contributed by atoms with van der Waals surface area (Å²) in [4.78, 5) is 12.8. The Morgan fingerprint density at radius 2 is 1.60 bits per heavy atom. The molecule has 5 nitrogen and oxygen atoms in total. The van der Waals surface area contributed by atoms with E-state index in [1.54, 1.807) is 30.6 Å². The minimum atomic E-state index is 0.0651. The van der Waals surface area contributed by atoms with Gasteiger partial charge in [-0.05, 0) is 36.4 Å². The Bertz CT molecular complexity index is 702. The molecule has 98 valence electrons. The van der Waals surface area contributed by atoms with Crippen molar-refractivity contribution >= 4 is 11.6 Å². The highest BCUT2D eigenvalue weighted by Crippen LogP contribution is 2.26. The second-order valence-corrected chi connectivity index (χ2v) is 4.12. The molecule has 3 rings (SSSR count). The summed E-state index contributed by atoms with van der Waals surface area (Å²) >= 11 is 0. The summed E-state index contributed by atoms with van der Waals surface area (Å²) in [6.07, 6.45) is 3.37. The van der Waals surface area contributed by atoms with Gasteiger partial charge in [0.25, 0.3) is 0 Å². The standard InChI is InChI=1S/C15H12N4O/c20-13-8-7-12(11-5-1-3-9-16-11)18-15(13)19-14-6-2-4-10-17-14/h1-10,20H,(H,17,18,19). The third-order valence-corrected chi connectivity index (χ3v) is 2.71. The van der Waals surface area contributed by atoms with Crippen LogP contribution in [0, 0.1) is 0 Å². The highest BCUT2D eigenvalue weighted by molar-refractivity contribution is 5.65. The van der Waals surface area contributed by atoms with Crippen molar-refractivity contribution in [2.24, 2.45) is 0 Å². The van der Waals surface area contributed by atoms with Crippen molar-refractivity contribution in [2.75, 3.05) is 5.32 Å². The van der Waals surface area contributed by atoms with E-state index in [1.807, 2.05) is 30.3 Å². The van der Waals surface area contributed by atoms with Crippen LogP contribution < -0.4 is 5.32 Å². The molecule has 0 bridgehead atoms. The monoisotopic (exact) mass is 264 g/mol. The Hall–Kier alpha value is -2.95. The first-order chi connectivity index (χ1) is 9.83. The number of rotatable bonds is 3. The highest BCUT2D eigenvalue weighted by Gasteiger charge is 2.07. The summed E-state index contributed by atoms with van der Waals surface area (Å²) in [6, 6.07) is 14.4. The molecule has 3 heterocycles. The molecule has 0 aromatic carbocycles. The molecule has 3 aromatic heterocycles. The Morgan fingerprint density at radius 3 is 2.30 bits per heavy atom. The molecule has 0 aliphatic carbocycles. The smallest absolute Gasteiger partial charge is 0.174 e. The van der Waals surface area contributed by atoms with Gasteiger partial charge in [-0.15, -0.1) is 0 Å².